The van der Waals surface area contributed by atoms with E-state index in [1.165, 1.54) is 0 Å². The number of sulfonamides is 1. The number of benzene rings is 2. The zero-order valence-corrected chi connectivity index (χ0v) is 17.0. The van der Waals surface area contributed by atoms with Crippen LogP contribution in [0.15, 0.2) is 57.9 Å². The number of para-hydroxylation sites is 1. The predicted molar refractivity (Wildman–Crippen MR) is 109 cm³/mol. The predicted octanol–water partition coefficient (Wildman–Crippen LogP) is 3.46. The molecule has 3 aromatic rings. The lowest BCUT2D eigenvalue weighted by Crippen LogP contribution is -2.48. The van der Waals surface area contributed by atoms with Crippen LogP contribution in [0.1, 0.15) is 31.0 Å². The number of hydrogen-bond donors (Lipinski definition) is 0. The van der Waals surface area contributed by atoms with Crippen LogP contribution in [-0.4, -0.2) is 49.0 Å². The van der Waals surface area contributed by atoms with Crippen molar-refractivity contribution in [3.8, 4) is 0 Å². The van der Waals surface area contributed by atoms with Crippen LogP contribution in [0.25, 0.3) is 11.0 Å². The minimum Gasteiger partial charge on any atom is -0.356 e. The number of nitrogens with zero attached hydrogens (tertiary/aromatic N) is 3. The van der Waals surface area contributed by atoms with Gasteiger partial charge in [-0.3, -0.25) is 4.90 Å². The molecule has 0 bridgehead atoms. The lowest BCUT2D eigenvalue weighted by Gasteiger charge is -2.33. The second kappa shape index (κ2) is 7.66. The van der Waals surface area contributed by atoms with Crippen LogP contribution < -0.4 is 0 Å². The van der Waals surface area contributed by atoms with E-state index < -0.39 is 10.0 Å². The van der Waals surface area contributed by atoms with Crippen molar-refractivity contribution >= 4 is 21.0 Å². The summed E-state index contributed by atoms with van der Waals surface area (Å²) in [5.41, 5.74) is 2.82. The maximum atomic E-state index is 12.9. The molecular weight excluding hydrogens is 374 g/mol. The standard InChI is InChI=1S/C21H25N3O3S/c1-16(2)17-7-9-18(10-8-17)28(25,26)24-13-11-23(12-14-24)15-20-19-5-3-4-6-21(19)27-22-20/h3-10,16H,11-15H2,1-2H3. The third kappa shape index (κ3) is 3.70. The Morgan fingerprint density at radius 2 is 1.68 bits per heavy atom. The van der Waals surface area contributed by atoms with E-state index >= 15 is 0 Å². The summed E-state index contributed by atoms with van der Waals surface area (Å²) in [6.45, 7) is 7.15. The third-order valence-electron chi connectivity index (χ3n) is 5.34. The fraction of sp³-hybridized carbons (Fsp3) is 0.381. The molecule has 0 unspecified atom stereocenters. The first-order valence-corrected chi connectivity index (χ1v) is 11.0. The van der Waals surface area contributed by atoms with Gasteiger partial charge in [0.15, 0.2) is 5.58 Å². The van der Waals surface area contributed by atoms with E-state index in [0.29, 0.717) is 43.5 Å². The zero-order chi connectivity index (χ0) is 19.7. The van der Waals surface area contributed by atoms with E-state index in [9.17, 15) is 8.42 Å². The van der Waals surface area contributed by atoms with Gasteiger partial charge < -0.3 is 4.52 Å². The van der Waals surface area contributed by atoms with Crippen LogP contribution in [0, 0.1) is 0 Å². The Kier molecular flexibility index (Phi) is 5.23. The van der Waals surface area contributed by atoms with Crippen LogP contribution in [-0.2, 0) is 16.6 Å². The molecule has 28 heavy (non-hydrogen) atoms. The van der Waals surface area contributed by atoms with E-state index in [1.54, 1.807) is 16.4 Å². The summed E-state index contributed by atoms with van der Waals surface area (Å²) in [7, 11) is -3.45. The molecule has 148 valence electrons. The van der Waals surface area contributed by atoms with Gasteiger partial charge in [0.05, 0.1) is 4.90 Å². The normalized spacial score (nSPS) is 16.8. The SMILES string of the molecule is CC(C)c1ccc(S(=O)(=O)N2CCN(Cc3noc4ccccc34)CC2)cc1. The quantitative estimate of drug-likeness (QED) is 0.657. The van der Waals surface area contributed by atoms with Gasteiger partial charge in [-0.15, -0.1) is 0 Å². The molecule has 7 heteroatoms. The van der Waals surface area contributed by atoms with Crippen LogP contribution in [0.2, 0.25) is 0 Å². The summed E-state index contributed by atoms with van der Waals surface area (Å²) in [4.78, 5) is 2.59. The number of fused-ring (bicyclic) bond motifs is 1. The first-order valence-electron chi connectivity index (χ1n) is 9.61. The van der Waals surface area contributed by atoms with Crippen molar-refractivity contribution in [3.63, 3.8) is 0 Å². The maximum absolute atomic E-state index is 12.9. The Balaban J connectivity index is 1.41. The summed E-state index contributed by atoms with van der Waals surface area (Å²) in [5, 5.41) is 5.20. The molecule has 4 rings (SSSR count). The van der Waals surface area contributed by atoms with E-state index in [-0.39, 0.29) is 0 Å². The van der Waals surface area contributed by atoms with Crippen LogP contribution >= 0.6 is 0 Å². The van der Waals surface area contributed by atoms with Crippen molar-refractivity contribution in [1.29, 1.82) is 0 Å². The molecule has 0 atom stereocenters. The second-order valence-corrected chi connectivity index (χ2v) is 9.47. The fourth-order valence-electron chi connectivity index (χ4n) is 3.57. The van der Waals surface area contributed by atoms with E-state index in [4.69, 9.17) is 4.52 Å². The summed E-state index contributed by atoms with van der Waals surface area (Å²) in [5.74, 6) is 0.382. The number of hydrogen-bond acceptors (Lipinski definition) is 5. The molecule has 0 radical (unpaired) electrons. The first-order chi connectivity index (χ1) is 13.4. The smallest absolute Gasteiger partial charge is 0.243 e. The van der Waals surface area contributed by atoms with Gasteiger partial charge in [-0.1, -0.05) is 43.3 Å². The highest BCUT2D eigenvalue weighted by Gasteiger charge is 2.29. The highest BCUT2D eigenvalue weighted by atomic mass is 32.2. The van der Waals surface area contributed by atoms with Gasteiger partial charge in [-0.2, -0.15) is 4.31 Å². The second-order valence-electron chi connectivity index (χ2n) is 7.53. The Labute approximate surface area is 165 Å². The molecule has 1 aromatic heterocycles. The number of aromatic nitrogens is 1. The first kappa shape index (κ1) is 19.1. The Bertz CT molecular complexity index is 1050. The van der Waals surface area contributed by atoms with Crippen molar-refractivity contribution in [3.05, 3.63) is 59.8 Å². The van der Waals surface area contributed by atoms with Gasteiger partial charge in [0.1, 0.15) is 5.69 Å². The largest absolute Gasteiger partial charge is 0.356 e. The number of rotatable bonds is 5. The lowest BCUT2D eigenvalue weighted by molar-refractivity contribution is 0.178. The highest BCUT2D eigenvalue weighted by molar-refractivity contribution is 7.89. The van der Waals surface area contributed by atoms with Crippen LogP contribution in [0.4, 0.5) is 0 Å². The minimum absolute atomic E-state index is 0.368. The third-order valence-corrected chi connectivity index (χ3v) is 7.25. The molecule has 0 spiro atoms. The van der Waals surface area contributed by atoms with Gasteiger partial charge >= 0.3 is 0 Å². The average Bonchev–Trinajstić information content (AvgIpc) is 3.11. The maximum Gasteiger partial charge on any atom is 0.243 e. The molecule has 2 heterocycles. The molecule has 1 aliphatic heterocycles. The van der Waals surface area contributed by atoms with E-state index in [1.807, 2.05) is 36.4 Å². The molecule has 0 saturated carbocycles. The van der Waals surface area contributed by atoms with Crippen molar-refractivity contribution in [2.75, 3.05) is 26.2 Å². The Morgan fingerprint density at radius 1 is 1.00 bits per heavy atom. The molecule has 1 fully saturated rings. The average molecular weight is 400 g/mol. The number of piperazine rings is 1. The lowest BCUT2D eigenvalue weighted by atomic mass is 10.0. The zero-order valence-electron chi connectivity index (χ0n) is 16.2. The fourth-order valence-corrected chi connectivity index (χ4v) is 4.99. The molecular formula is C21H25N3O3S. The van der Waals surface area contributed by atoms with Crippen molar-refractivity contribution in [2.45, 2.75) is 31.2 Å². The summed E-state index contributed by atoms with van der Waals surface area (Å²) < 4.78 is 32.8. The van der Waals surface area contributed by atoms with E-state index in [0.717, 1.165) is 22.2 Å². The molecule has 6 nitrogen and oxygen atoms in total. The molecule has 1 saturated heterocycles. The van der Waals surface area contributed by atoms with Gasteiger partial charge in [0, 0.05) is 38.1 Å². The molecule has 1 aliphatic rings. The summed E-state index contributed by atoms with van der Waals surface area (Å²) in [6, 6.07) is 15.1. The van der Waals surface area contributed by atoms with Crippen molar-refractivity contribution in [2.24, 2.45) is 0 Å². The topological polar surface area (TPSA) is 66.7 Å². The van der Waals surface area contributed by atoms with Gasteiger partial charge in [0.2, 0.25) is 10.0 Å². The van der Waals surface area contributed by atoms with Crippen molar-refractivity contribution < 1.29 is 12.9 Å². The van der Waals surface area contributed by atoms with Gasteiger partial charge in [-0.25, -0.2) is 8.42 Å². The monoisotopic (exact) mass is 399 g/mol. The minimum atomic E-state index is -3.45. The highest BCUT2D eigenvalue weighted by Crippen LogP contribution is 2.23. The summed E-state index contributed by atoms with van der Waals surface area (Å²) >= 11 is 0. The molecule has 0 N–H and O–H groups in total. The summed E-state index contributed by atoms with van der Waals surface area (Å²) in [6.07, 6.45) is 0. The Hall–Kier alpha value is -2.22. The van der Waals surface area contributed by atoms with Gasteiger partial charge in [0.25, 0.3) is 0 Å². The molecule has 0 amide bonds. The van der Waals surface area contributed by atoms with Gasteiger partial charge in [-0.05, 0) is 35.7 Å². The van der Waals surface area contributed by atoms with Crippen LogP contribution in [0.5, 0.6) is 0 Å². The van der Waals surface area contributed by atoms with E-state index in [2.05, 4.69) is 23.9 Å². The molecule has 0 aliphatic carbocycles. The van der Waals surface area contributed by atoms with Crippen LogP contribution in [0.3, 0.4) is 0 Å². The van der Waals surface area contributed by atoms with Crippen molar-refractivity contribution in [1.82, 2.24) is 14.4 Å². The molecule has 2 aromatic carbocycles. The Morgan fingerprint density at radius 3 is 2.36 bits per heavy atom.